The van der Waals surface area contributed by atoms with Crippen molar-refractivity contribution in [2.45, 2.75) is 64.1 Å². The maximum absolute atomic E-state index is 12.7. The molecule has 0 aliphatic carbocycles. The summed E-state index contributed by atoms with van der Waals surface area (Å²) < 4.78 is 0. The zero-order chi connectivity index (χ0) is 15.0. The van der Waals surface area contributed by atoms with Crippen molar-refractivity contribution < 1.29 is 9.59 Å². The molecule has 5 nitrogen and oxygen atoms in total. The summed E-state index contributed by atoms with van der Waals surface area (Å²) in [4.78, 5) is 26.6. The fourth-order valence-electron chi connectivity index (χ4n) is 4.33. The van der Waals surface area contributed by atoms with E-state index in [4.69, 9.17) is 0 Å². The highest BCUT2D eigenvalue weighted by Gasteiger charge is 2.38. The van der Waals surface area contributed by atoms with Crippen LogP contribution in [0.3, 0.4) is 0 Å². The van der Waals surface area contributed by atoms with Gasteiger partial charge in [0, 0.05) is 31.6 Å². The van der Waals surface area contributed by atoms with Gasteiger partial charge in [-0.05, 0) is 37.5 Å². The number of carbonyl (C=O) groups excluding carboxylic acids is 2. The molecule has 3 aliphatic rings. The number of rotatable bonds is 3. The highest BCUT2D eigenvalue weighted by Crippen LogP contribution is 2.33. The van der Waals surface area contributed by atoms with Gasteiger partial charge in [-0.3, -0.25) is 9.59 Å². The summed E-state index contributed by atoms with van der Waals surface area (Å²) in [5.41, 5.74) is 0. The zero-order valence-electron chi connectivity index (χ0n) is 13.1. The number of piperidine rings is 1. The molecule has 0 radical (unpaired) electrons. The second-order valence-corrected chi connectivity index (χ2v) is 7.25. The number of nitrogens with zero attached hydrogens (tertiary/aromatic N) is 1. The number of hydrogen-bond acceptors (Lipinski definition) is 3. The van der Waals surface area contributed by atoms with E-state index in [1.54, 1.807) is 0 Å². The SMILES string of the molecule is CC(C)[C@H]1C(=O)NCCN1C(=O)CC1C[C@@H]2CC[C@@H](C1)N2. The maximum Gasteiger partial charge on any atom is 0.243 e. The largest absolute Gasteiger partial charge is 0.353 e. The molecular formula is C16H27N3O2. The van der Waals surface area contributed by atoms with Crippen molar-refractivity contribution in [3.05, 3.63) is 0 Å². The van der Waals surface area contributed by atoms with E-state index in [-0.39, 0.29) is 23.8 Å². The first-order valence-electron chi connectivity index (χ1n) is 8.38. The molecule has 3 saturated heterocycles. The normalized spacial score (nSPS) is 36.0. The second kappa shape index (κ2) is 5.95. The molecule has 0 spiro atoms. The molecule has 3 rings (SSSR count). The molecule has 21 heavy (non-hydrogen) atoms. The summed E-state index contributed by atoms with van der Waals surface area (Å²) in [5, 5.41) is 6.50. The van der Waals surface area contributed by atoms with Crippen LogP contribution in [0.2, 0.25) is 0 Å². The Morgan fingerprint density at radius 1 is 1.29 bits per heavy atom. The molecule has 0 unspecified atom stereocenters. The van der Waals surface area contributed by atoms with Crippen molar-refractivity contribution >= 4 is 11.8 Å². The van der Waals surface area contributed by atoms with Gasteiger partial charge in [0.25, 0.3) is 0 Å². The first kappa shape index (κ1) is 14.8. The minimum atomic E-state index is -0.287. The van der Waals surface area contributed by atoms with Crippen LogP contribution in [0.25, 0.3) is 0 Å². The van der Waals surface area contributed by atoms with Gasteiger partial charge in [-0.25, -0.2) is 0 Å². The van der Waals surface area contributed by atoms with E-state index in [0.29, 0.717) is 37.5 Å². The first-order valence-corrected chi connectivity index (χ1v) is 8.38. The number of nitrogens with one attached hydrogen (secondary N) is 2. The molecule has 0 aromatic rings. The summed E-state index contributed by atoms with van der Waals surface area (Å²) >= 11 is 0. The first-order chi connectivity index (χ1) is 10.0. The van der Waals surface area contributed by atoms with Crippen molar-refractivity contribution in [3.8, 4) is 0 Å². The van der Waals surface area contributed by atoms with Crippen molar-refractivity contribution in [2.24, 2.45) is 11.8 Å². The molecule has 118 valence electrons. The average Bonchev–Trinajstić information content (AvgIpc) is 2.77. The molecular weight excluding hydrogens is 266 g/mol. The summed E-state index contributed by atoms with van der Waals surface area (Å²) in [6, 6.07) is 0.948. The molecule has 0 aromatic heterocycles. The Morgan fingerprint density at radius 3 is 2.57 bits per heavy atom. The Morgan fingerprint density at radius 2 is 1.95 bits per heavy atom. The highest BCUT2D eigenvalue weighted by molar-refractivity contribution is 5.89. The predicted octanol–water partition coefficient (Wildman–Crippen LogP) is 0.890. The van der Waals surface area contributed by atoms with E-state index in [2.05, 4.69) is 10.6 Å². The Hall–Kier alpha value is -1.10. The molecule has 2 N–H and O–H groups in total. The maximum atomic E-state index is 12.7. The monoisotopic (exact) mass is 293 g/mol. The Labute approximate surface area is 126 Å². The van der Waals surface area contributed by atoms with Crippen molar-refractivity contribution in [2.75, 3.05) is 13.1 Å². The van der Waals surface area contributed by atoms with Crippen molar-refractivity contribution in [1.29, 1.82) is 0 Å². The quantitative estimate of drug-likeness (QED) is 0.812. The lowest BCUT2D eigenvalue weighted by atomic mass is 9.88. The van der Waals surface area contributed by atoms with Gasteiger partial charge in [-0.1, -0.05) is 13.8 Å². The third-order valence-electron chi connectivity index (χ3n) is 5.24. The van der Waals surface area contributed by atoms with Crippen LogP contribution in [0.5, 0.6) is 0 Å². The van der Waals surface area contributed by atoms with Gasteiger partial charge in [0.1, 0.15) is 6.04 Å². The van der Waals surface area contributed by atoms with Crippen LogP contribution in [0.4, 0.5) is 0 Å². The Kier molecular flexibility index (Phi) is 4.20. The Balaban J connectivity index is 1.62. The molecule has 0 saturated carbocycles. The lowest BCUT2D eigenvalue weighted by Gasteiger charge is -2.38. The third kappa shape index (κ3) is 3.07. The molecule has 0 aromatic carbocycles. The van der Waals surface area contributed by atoms with Crippen molar-refractivity contribution in [1.82, 2.24) is 15.5 Å². The molecule has 3 aliphatic heterocycles. The zero-order valence-corrected chi connectivity index (χ0v) is 13.1. The fraction of sp³-hybridized carbons (Fsp3) is 0.875. The number of amides is 2. The van der Waals surface area contributed by atoms with Gasteiger partial charge < -0.3 is 15.5 Å². The summed E-state index contributed by atoms with van der Waals surface area (Å²) in [5.74, 6) is 0.845. The summed E-state index contributed by atoms with van der Waals surface area (Å²) in [6.45, 7) is 5.28. The standard InChI is InChI=1S/C16H27N3O2/c1-10(2)15-16(21)17-5-6-19(15)14(20)9-11-7-12-3-4-13(8-11)18-12/h10-13,15,18H,3-9H2,1-2H3,(H,17,21)/t12-,13-,15-/m0/s1. The van der Waals surface area contributed by atoms with Gasteiger partial charge in [0.05, 0.1) is 0 Å². The van der Waals surface area contributed by atoms with E-state index in [1.807, 2.05) is 18.7 Å². The molecule has 5 heteroatoms. The molecule has 2 bridgehead atoms. The van der Waals surface area contributed by atoms with Crippen LogP contribution in [-0.2, 0) is 9.59 Å². The fourth-order valence-corrected chi connectivity index (χ4v) is 4.33. The summed E-state index contributed by atoms with van der Waals surface area (Å²) in [7, 11) is 0. The predicted molar refractivity (Wildman–Crippen MR) is 80.6 cm³/mol. The van der Waals surface area contributed by atoms with Crippen LogP contribution in [0.1, 0.15) is 46.0 Å². The van der Waals surface area contributed by atoms with Gasteiger partial charge >= 0.3 is 0 Å². The van der Waals surface area contributed by atoms with E-state index in [0.717, 1.165) is 12.8 Å². The molecule has 3 fully saturated rings. The molecule has 3 heterocycles. The van der Waals surface area contributed by atoms with Crippen LogP contribution in [-0.4, -0.2) is 47.9 Å². The minimum absolute atomic E-state index is 0.00924. The van der Waals surface area contributed by atoms with Crippen LogP contribution in [0, 0.1) is 11.8 Å². The topological polar surface area (TPSA) is 61.4 Å². The number of piperazine rings is 1. The van der Waals surface area contributed by atoms with Gasteiger partial charge in [-0.15, -0.1) is 0 Å². The lowest BCUT2D eigenvalue weighted by molar-refractivity contribution is -0.145. The van der Waals surface area contributed by atoms with Crippen LogP contribution >= 0.6 is 0 Å². The smallest absolute Gasteiger partial charge is 0.243 e. The number of fused-ring (bicyclic) bond motifs is 2. The van der Waals surface area contributed by atoms with Crippen LogP contribution < -0.4 is 10.6 Å². The number of hydrogen-bond donors (Lipinski definition) is 2. The molecule has 2 amide bonds. The lowest BCUT2D eigenvalue weighted by Crippen LogP contribution is -2.59. The van der Waals surface area contributed by atoms with Gasteiger partial charge in [0.2, 0.25) is 11.8 Å². The second-order valence-electron chi connectivity index (χ2n) is 7.25. The van der Waals surface area contributed by atoms with Crippen LogP contribution in [0.15, 0.2) is 0 Å². The molecule has 3 atom stereocenters. The summed E-state index contributed by atoms with van der Waals surface area (Å²) in [6.07, 6.45) is 5.38. The van der Waals surface area contributed by atoms with E-state index in [9.17, 15) is 9.59 Å². The van der Waals surface area contributed by atoms with Gasteiger partial charge in [-0.2, -0.15) is 0 Å². The van der Waals surface area contributed by atoms with Gasteiger partial charge in [0.15, 0.2) is 0 Å². The Bertz CT molecular complexity index is 412. The van der Waals surface area contributed by atoms with Crippen molar-refractivity contribution in [3.63, 3.8) is 0 Å². The average molecular weight is 293 g/mol. The minimum Gasteiger partial charge on any atom is -0.353 e. The number of carbonyl (C=O) groups is 2. The van der Waals surface area contributed by atoms with E-state index < -0.39 is 0 Å². The van der Waals surface area contributed by atoms with E-state index >= 15 is 0 Å². The highest BCUT2D eigenvalue weighted by atomic mass is 16.2. The van der Waals surface area contributed by atoms with E-state index in [1.165, 1.54) is 12.8 Å². The third-order valence-corrected chi connectivity index (χ3v) is 5.24.